The molecule has 0 unspecified atom stereocenters. The molecule has 1 aliphatic rings. The second-order valence-electron chi connectivity index (χ2n) is 3.70. The lowest BCUT2D eigenvalue weighted by Crippen LogP contribution is -2.24. The van der Waals surface area contributed by atoms with Crippen LogP contribution in [0.1, 0.15) is 25.3 Å². The first-order chi connectivity index (χ1) is 6.15. The molecule has 13 heavy (non-hydrogen) atoms. The number of nitrogens with zero attached hydrogens (tertiary/aromatic N) is 1. The lowest BCUT2D eigenvalue weighted by Gasteiger charge is -2.09. The second-order valence-corrected chi connectivity index (χ2v) is 3.70. The maximum atomic E-state index is 11.5. The number of rotatable bonds is 2. The van der Waals surface area contributed by atoms with Crippen molar-refractivity contribution in [2.45, 2.75) is 31.8 Å². The standard InChI is InChI=1S/C10H14N2O/c1-2-12-6-3-8(7-9(12)13)10(11)4-5-10/h3,6-7H,2,4-5,11H2,1H3. The van der Waals surface area contributed by atoms with Crippen molar-refractivity contribution >= 4 is 0 Å². The predicted molar refractivity (Wildman–Crippen MR) is 51.5 cm³/mol. The van der Waals surface area contributed by atoms with Crippen LogP contribution in [0.2, 0.25) is 0 Å². The topological polar surface area (TPSA) is 48.0 Å². The lowest BCUT2D eigenvalue weighted by molar-refractivity contribution is 0.694. The SMILES string of the molecule is CCn1ccc(C2(N)CC2)cc1=O. The van der Waals surface area contributed by atoms with Crippen LogP contribution in [0.5, 0.6) is 0 Å². The van der Waals surface area contributed by atoms with Crippen LogP contribution in [0.15, 0.2) is 23.1 Å². The molecular formula is C10H14N2O. The Morgan fingerprint density at radius 3 is 2.77 bits per heavy atom. The van der Waals surface area contributed by atoms with E-state index in [-0.39, 0.29) is 11.1 Å². The fraction of sp³-hybridized carbons (Fsp3) is 0.500. The maximum Gasteiger partial charge on any atom is 0.250 e. The Morgan fingerprint density at radius 1 is 1.62 bits per heavy atom. The predicted octanol–water partition coefficient (Wildman–Crippen LogP) is 0.816. The molecule has 0 atom stereocenters. The summed E-state index contributed by atoms with van der Waals surface area (Å²) < 4.78 is 1.68. The molecule has 70 valence electrons. The van der Waals surface area contributed by atoms with E-state index in [1.165, 1.54) is 0 Å². The Balaban J connectivity index is 2.42. The molecule has 0 radical (unpaired) electrons. The van der Waals surface area contributed by atoms with Gasteiger partial charge in [-0.25, -0.2) is 0 Å². The Hall–Kier alpha value is -1.09. The van der Waals surface area contributed by atoms with Crippen molar-refractivity contribution in [1.82, 2.24) is 4.57 Å². The summed E-state index contributed by atoms with van der Waals surface area (Å²) in [4.78, 5) is 11.5. The molecule has 1 aliphatic carbocycles. The first-order valence-corrected chi connectivity index (χ1v) is 4.65. The van der Waals surface area contributed by atoms with Crippen molar-refractivity contribution in [3.05, 3.63) is 34.2 Å². The third-order valence-corrected chi connectivity index (χ3v) is 2.70. The van der Waals surface area contributed by atoms with E-state index >= 15 is 0 Å². The molecule has 1 heterocycles. The minimum atomic E-state index is -0.189. The number of aromatic nitrogens is 1. The van der Waals surface area contributed by atoms with Crippen LogP contribution in [0.4, 0.5) is 0 Å². The smallest absolute Gasteiger partial charge is 0.250 e. The van der Waals surface area contributed by atoms with Gasteiger partial charge in [0.2, 0.25) is 0 Å². The Bertz CT molecular complexity index is 377. The van der Waals surface area contributed by atoms with Crippen molar-refractivity contribution in [2.24, 2.45) is 5.73 Å². The van der Waals surface area contributed by atoms with Gasteiger partial charge in [0.25, 0.3) is 5.56 Å². The van der Waals surface area contributed by atoms with E-state index in [0.29, 0.717) is 0 Å². The van der Waals surface area contributed by atoms with E-state index < -0.39 is 0 Å². The molecule has 0 saturated heterocycles. The third kappa shape index (κ3) is 1.40. The molecule has 0 aliphatic heterocycles. The maximum absolute atomic E-state index is 11.5. The minimum absolute atomic E-state index is 0.0525. The zero-order valence-electron chi connectivity index (χ0n) is 7.79. The van der Waals surface area contributed by atoms with Crippen LogP contribution in [0.3, 0.4) is 0 Å². The zero-order chi connectivity index (χ0) is 9.47. The highest BCUT2D eigenvalue weighted by Crippen LogP contribution is 2.41. The number of aryl methyl sites for hydroxylation is 1. The third-order valence-electron chi connectivity index (χ3n) is 2.70. The highest BCUT2D eigenvalue weighted by atomic mass is 16.1. The molecule has 0 aromatic carbocycles. The summed E-state index contributed by atoms with van der Waals surface area (Å²) in [6, 6.07) is 3.62. The second kappa shape index (κ2) is 2.70. The quantitative estimate of drug-likeness (QED) is 0.728. The molecule has 1 aromatic rings. The van der Waals surface area contributed by atoms with E-state index in [1.54, 1.807) is 10.6 Å². The molecule has 0 amide bonds. The average molecular weight is 178 g/mol. The van der Waals surface area contributed by atoms with Gasteiger partial charge in [0.15, 0.2) is 0 Å². The van der Waals surface area contributed by atoms with E-state index in [2.05, 4.69) is 0 Å². The summed E-state index contributed by atoms with van der Waals surface area (Å²) in [6.07, 6.45) is 3.83. The first kappa shape index (κ1) is 8.51. The number of nitrogens with two attached hydrogens (primary N) is 1. The van der Waals surface area contributed by atoms with Gasteiger partial charge in [0, 0.05) is 24.3 Å². The minimum Gasteiger partial charge on any atom is -0.321 e. The fourth-order valence-electron chi connectivity index (χ4n) is 1.50. The van der Waals surface area contributed by atoms with Gasteiger partial charge in [-0.1, -0.05) is 0 Å². The average Bonchev–Trinajstić information content (AvgIpc) is 2.85. The summed E-state index contributed by atoms with van der Waals surface area (Å²) in [6.45, 7) is 2.67. The molecule has 1 aromatic heterocycles. The van der Waals surface area contributed by atoms with Crippen LogP contribution in [0, 0.1) is 0 Å². The van der Waals surface area contributed by atoms with Crippen LogP contribution < -0.4 is 11.3 Å². The van der Waals surface area contributed by atoms with Gasteiger partial charge in [-0.15, -0.1) is 0 Å². The van der Waals surface area contributed by atoms with Gasteiger partial charge < -0.3 is 10.3 Å². The van der Waals surface area contributed by atoms with Gasteiger partial charge in [0.05, 0.1) is 0 Å². The van der Waals surface area contributed by atoms with Crippen LogP contribution in [0.25, 0.3) is 0 Å². The largest absolute Gasteiger partial charge is 0.321 e. The Morgan fingerprint density at radius 2 is 2.31 bits per heavy atom. The highest BCUT2D eigenvalue weighted by Gasteiger charge is 2.40. The normalized spacial score (nSPS) is 18.6. The van der Waals surface area contributed by atoms with Gasteiger partial charge in [-0.3, -0.25) is 4.79 Å². The van der Waals surface area contributed by atoms with Crippen molar-refractivity contribution < 1.29 is 0 Å². The van der Waals surface area contributed by atoms with Crippen molar-refractivity contribution in [1.29, 1.82) is 0 Å². The molecule has 3 heteroatoms. The Kier molecular flexibility index (Phi) is 1.77. The summed E-state index contributed by atoms with van der Waals surface area (Å²) >= 11 is 0. The lowest BCUT2D eigenvalue weighted by atomic mass is 10.1. The van der Waals surface area contributed by atoms with E-state index in [4.69, 9.17) is 5.73 Å². The number of hydrogen-bond donors (Lipinski definition) is 1. The number of pyridine rings is 1. The van der Waals surface area contributed by atoms with Crippen LogP contribution >= 0.6 is 0 Å². The molecule has 2 N–H and O–H groups in total. The highest BCUT2D eigenvalue weighted by molar-refractivity contribution is 5.27. The summed E-state index contributed by atoms with van der Waals surface area (Å²) in [5, 5.41) is 0. The van der Waals surface area contributed by atoms with Gasteiger partial charge in [-0.2, -0.15) is 0 Å². The van der Waals surface area contributed by atoms with Crippen LogP contribution in [-0.2, 0) is 12.1 Å². The van der Waals surface area contributed by atoms with Crippen molar-refractivity contribution in [2.75, 3.05) is 0 Å². The van der Waals surface area contributed by atoms with E-state index in [1.807, 2.05) is 19.2 Å². The molecule has 1 fully saturated rings. The van der Waals surface area contributed by atoms with E-state index in [0.717, 1.165) is 24.9 Å². The van der Waals surface area contributed by atoms with Crippen molar-refractivity contribution in [3.63, 3.8) is 0 Å². The molecule has 0 bridgehead atoms. The Labute approximate surface area is 77.2 Å². The molecular weight excluding hydrogens is 164 g/mol. The summed E-state index contributed by atoms with van der Waals surface area (Å²) in [5.41, 5.74) is 6.83. The monoisotopic (exact) mass is 178 g/mol. The summed E-state index contributed by atoms with van der Waals surface area (Å²) in [7, 11) is 0. The fourth-order valence-corrected chi connectivity index (χ4v) is 1.50. The van der Waals surface area contributed by atoms with Gasteiger partial charge >= 0.3 is 0 Å². The first-order valence-electron chi connectivity index (χ1n) is 4.65. The van der Waals surface area contributed by atoms with Gasteiger partial charge in [0.1, 0.15) is 0 Å². The number of hydrogen-bond acceptors (Lipinski definition) is 2. The summed E-state index contributed by atoms with van der Waals surface area (Å²) in [5.74, 6) is 0. The molecule has 1 saturated carbocycles. The zero-order valence-corrected chi connectivity index (χ0v) is 7.79. The molecule has 2 rings (SSSR count). The van der Waals surface area contributed by atoms with Crippen LogP contribution in [-0.4, -0.2) is 4.57 Å². The van der Waals surface area contributed by atoms with Gasteiger partial charge in [-0.05, 0) is 31.4 Å². The van der Waals surface area contributed by atoms with Crippen molar-refractivity contribution in [3.8, 4) is 0 Å². The molecule has 0 spiro atoms. The molecule has 3 nitrogen and oxygen atoms in total. The van der Waals surface area contributed by atoms with E-state index in [9.17, 15) is 4.79 Å².